The number of rotatable bonds is 3. The Morgan fingerprint density at radius 2 is 2.00 bits per heavy atom. The van der Waals surface area contributed by atoms with E-state index in [9.17, 15) is 0 Å². The molecule has 0 fully saturated rings. The van der Waals surface area contributed by atoms with Crippen LogP contribution in [-0.2, 0) is 0 Å². The molecule has 0 atom stereocenters. The van der Waals surface area contributed by atoms with Crippen LogP contribution in [0.5, 0.6) is 0 Å². The number of halogens is 2. The molecule has 0 N–H and O–H groups in total. The lowest BCUT2D eigenvalue weighted by molar-refractivity contribution is 0.823. The molecule has 8 heteroatoms. The minimum Gasteiger partial charge on any atom is -0.274 e. The van der Waals surface area contributed by atoms with Crippen LogP contribution in [-0.4, -0.2) is 24.5 Å². The quantitative estimate of drug-likeness (QED) is 0.738. The van der Waals surface area contributed by atoms with Crippen LogP contribution < -0.4 is 0 Å². The van der Waals surface area contributed by atoms with Gasteiger partial charge in [-0.25, -0.2) is 4.98 Å². The molecule has 3 rings (SSSR count). The van der Waals surface area contributed by atoms with Crippen molar-refractivity contribution in [1.82, 2.24) is 24.5 Å². The van der Waals surface area contributed by atoms with Gasteiger partial charge in [-0.1, -0.05) is 17.7 Å². The van der Waals surface area contributed by atoms with E-state index in [4.69, 9.17) is 23.2 Å². The number of imidazole rings is 1. The van der Waals surface area contributed by atoms with Crippen LogP contribution in [0.3, 0.4) is 0 Å². The van der Waals surface area contributed by atoms with Gasteiger partial charge in [-0.2, -0.15) is 15.0 Å². The SMILES string of the molecule is Clc1cccc(Sc2nc(Cl)nc(-n3ccnc3)n2)c1. The van der Waals surface area contributed by atoms with Gasteiger partial charge in [0.25, 0.3) is 0 Å². The third kappa shape index (κ3) is 3.09. The van der Waals surface area contributed by atoms with E-state index in [0.717, 1.165) is 4.90 Å². The average Bonchev–Trinajstić information content (AvgIpc) is 2.91. The van der Waals surface area contributed by atoms with Crippen molar-refractivity contribution in [3.63, 3.8) is 0 Å². The van der Waals surface area contributed by atoms with Crippen molar-refractivity contribution in [3.05, 3.63) is 53.3 Å². The summed E-state index contributed by atoms with van der Waals surface area (Å²) >= 11 is 13.2. The average molecular weight is 324 g/mol. The summed E-state index contributed by atoms with van der Waals surface area (Å²) in [5.74, 6) is 0.423. The van der Waals surface area contributed by atoms with Crippen LogP contribution in [0, 0.1) is 0 Å². The largest absolute Gasteiger partial charge is 0.274 e. The molecule has 20 heavy (non-hydrogen) atoms. The second-order valence-electron chi connectivity index (χ2n) is 3.72. The summed E-state index contributed by atoms with van der Waals surface area (Å²) in [4.78, 5) is 17.4. The van der Waals surface area contributed by atoms with Gasteiger partial charge in [0.2, 0.25) is 11.2 Å². The summed E-state index contributed by atoms with van der Waals surface area (Å²) in [5.41, 5.74) is 0. The summed E-state index contributed by atoms with van der Waals surface area (Å²) in [6.07, 6.45) is 4.97. The highest BCUT2D eigenvalue weighted by Gasteiger charge is 2.08. The molecule has 3 aromatic rings. The Balaban J connectivity index is 1.94. The van der Waals surface area contributed by atoms with E-state index in [1.807, 2.05) is 24.3 Å². The Labute approximate surface area is 129 Å². The molecule has 100 valence electrons. The summed E-state index contributed by atoms with van der Waals surface area (Å²) in [6, 6.07) is 7.43. The molecule has 0 radical (unpaired) electrons. The minimum atomic E-state index is 0.133. The molecular weight excluding hydrogens is 317 g/mol. The molecule has 0 aliphatic heterocycles. The van der Waals surface area contributed by atoms with Gasteiger partial charge in [-0.15, -0.1) is 0 Å². The normalized spacial score (nSPS) is 10.7. The summed E-state index contributed by atoms with van der Waals surface area (Å²) in [5, 5.41) is 1.29. The van der Waals surface area contributed by atoms with Crippen LogP contribution in [0.2, 0.25) is 10.3 Å². The molecular formula is C12H7Cl2N5S. The van der Waals surface area contributed by atoms with Crippen molar-refractivity contribution in [2.75, 3.05) is 0 Å². The van der Waals surface area contributed by atoms with Gasteiger partial charge >= 0.3 is 0 Å². The Morgan fingerprint density at radius 1 is 1.10 bits per heavy atom. The molecule has 0 unspecified atom stereocenters. The van der Waals surface area contributed by atoms with Crippen molar-refractivity contribution in [2.24, 2.45) is 0 Å². The Morgan fingerprint density at radius 3 is 2.75 bits per heavy atom. The number of nitrogens with zero attached hydrogens (tertiary/aromatic N) is 5. The molecule has 0 saturated carbocycles. The second-order valence-corrected chi connectivity index (χ2v) is 5.53. The standard InChI is InChI=1S/C12H7Cl2N5S/c13-8-2-1-3-9(6-8)20-12-17-10(14)16-11(18-12)19-5-4-15-7-19/h1-7H. The smallest absolute Gasteiger partial charge is 0.240 e. The molecule has 1 aromatic carbocycles. The van der Waals surface area contributed by atoms with E-state index < -0.39 is 0 Å². The number of hydrogen-bond acceptors (Lipinski definition) is 5. The maximum atomic E-state index is 5.95. The molecule has 0 aliphatic carbocycles. The minimum absolute atomic E-state index is 0.133. The molecule has 0 saturated heterocycles. The Bertz CT molecular complexity index is 732. The Hall–Kier alpha value is -1.63. The fourth-order valence-corrected chi connectivity index (χ4v) is 2.76. The van der Waals surface area contributed by atoms with E-state index in [2.05, 4.69) is 19.9 Å². The van der Waals surface area contributed by atoms with Crippen LogP contribution >= 0.6 is 35.0 Å². The molecule has 0 aliphatic rings. The molecule has 0 bridgehead atoms. The van der Waals surface area contributed by atoms with Crippen LogP contribution in [0.25, 0.3) is 5.95 Å². The van der Waals surface area contributed by atoms with Gasteiger partial charge in [0.05, 0.1) is 0 Å². The first kappa shape index (κ1) is 13.4. The lowest BCUT2D eigenvalue weighted by Gasteiger charge is -2.04. The summed E-state index contributed by atoms with van der Waals surface area (Å²) in [6.45, 7) is 0. The first-order chi connectivity index (χ1) is 9.70. The predicted molar refractivity (Wildman–Crippen MR) is 77.5 cm³/mol. The zero-order chi connectivity index (χ0) is 13.9. The van der Waals surface area contributed by atoms with Crippen molar-refractivity contribution in [1.29, 1.82) is 0 Å². The van der Waals surface area contributed by atoms with Crippen molar-refractivity contribution in [2.45, 2.75) is 10.1 Å². The Kier molecular flexibility index (Phi) is 3.86. The second kappa shape index (κ2) is 5.78. The van der Waals surface area contributed by atoms with E-state index in [0.29, 0.717) is 16.1 Å². The topological polar surface area (TPSA) is 56.5 Å². The molecule has 2 aromatic heterocycles. The maximum absolute atomic E-state index is 5.95. The van der Waals surface area contributed by atoms with E-state index in [-0.39, 0.29) is 5.28 Å². The molecule has 5 nitrogen and oxygen atoms in total. The zero-order valence-corrected chi connectivity index (χ0v) is 12.3. The lowest BCUT2D eigenvalue weighted by atomic mass is 10.4. The molecule has 2 heterocycles. The fourth-order valence-electron chi connectivity index (χ4n) is 1.50. The van der Waals surface area contributed by atoms with Gasteiger partial charge in [-0.3, -0.25) is 4.57 Å². The highest BCUT2D eigenvalue weighted by molar-refractivity contribution is 7.99. The maximum Gasteiger partial charge on any atom is 0.240 e. The van der Waals surface area contributed by atoms with Gasteiger partial charge in [-0.05, 0) is 41.6 Å². The number of benzene rings is 1. The third-order valence-electron chi connectivity index (χ3n) is 2.32. The van der Waals surface area contributed by atoms with Crippen molar-refractivity contribution in [3.8, 4) is 5.95 Å². The molecule has 0 spiro atoms. The van der Waals surface area contributed by atoms with Gasteiger partial charge in [0.15, 0.2) is 5.16 Å². The van der Waals surface area contributed by atoms with E-state index in [1.54, 1.807) is 23.3 Å². The van der Waals surface area contributed by atoms with Gasteiger partial charge in [0, 0.05) is 22.3 Å². The zero-order valence-electron chi connectivity index (χ0n) is 9.94. The lowest BCUT2D eigenvalue weighted by Crippen LogP contribution is -2.02. The first-order valence-electron chi connectivity index (χ1n) is 5.54. The van der Waals surface area contributed by atoms with Crippen LogP contribution in [0.15, 0.2) is 53.0 Å². The highest BCUT2D eigenvalue weighted by atomic mass is 35.5. The number of aromatic nitrogens is 5. The predicted octanol–water partition coefficient (Wildman–Crippen LogP) is 3.52. The van der Waals surface area contributed by atoms with E-state index in [1.165, 1.54) is 11.8 Å². The van der Waals surface area contributed by atoms with Crippen LogP contribution in [0.1, 0.15) is 0 Å². The van der Waals surface area contributed by atoms with Crippen molar-refractivity contribution >= 4 is 35.0 Å². The van der Waals surface area contributed by atoms with Gasteiger partial charge < -0.3 is 0 Å². The monoisotopic (exact) mass is 323 g/mol. The highest BCUT2D eigenvalue weighted by Crippen LogP contribution is 2.27. The van der Waals surface area contributed by atoms with Crippen molar-refractivity contribution < 1.29 is 0 Å². The third-order valence-corrected chi connectivity index (χ3v) is 3.58. The first-order valence-corrected chi connectivity index (χ1v) is 7.11. The molecule has 0 amide bonds. The van der Waals surface area contributed by atoms with Gasteiger partial charge in [0.1, 0.15) is 6.33 Å². The number of hydrogen-bond donors (Lipinski definition) is 0. The summed E-state index contributed by atoms with van der Waals surface area (Å²) < 4.78 is 1.66. The fraction of sp³-hybridized carbons (Fsp3) is 0. The van der Waals surface area contributed by atoms with Crippen LogP contribution in [0.4, 0.5) is 0 Å². The summed E-state index contributed by atoms with van der Waals surface area (Å²) in [7, 11) is 0. The van der Waals surface area contributed by atoms with E-state index >= 15 is 0 Å².